The number of methoxy groups -OCH3 is 2. The molecule has 2 aliphatic heterocycles. The molecule has 0 spiro atoms. The third-order valence-corrected chi connectivity index (χ3v) is 6.54. The van der Waals surface area contributed by atoms with Crippen molar-refractivity contribution < 1.29 is 29.0 Å². The molecule has 1 fully saturated rings. The Kier molecular flexibility index (Phi) is 7.17. The van der Waals surface area contributed by atoms with Gasteiger partial charge in [0.05, 0.1) is 38.5 Å². The molecule has 9 nitrogen and oxygen atoms in total. The topological polar surface area (TPSA) is 101 Å². The maximum Gasteiger partial charge on any atom is 0.303 e. The zero-order valence-corrected chi connectivity index (χ0v) is 19.1. The van der Waals surface area contributed by atoms with Crippen LogP contribution < -0.4 is 9.47 Å². The van der Waals surface area contributed by atoms with Crippen molar-refractivity contribution in [1.82, 2.24) is 10.1 Å². The number of hydrogen-bond acceptors (Lipinski definition) is 7. The highest BCUT2D eigenvalue weighted by molar-refractivity contribution is 6.03. The highest BCUT2D eigenvalue weighted by Gasteiger charge is 2.38. The lowest BCUT2D eigenvalue weighted by Gasteiger charge is -2.43. The van der Waals surface area contributed by atoms with Gasteiger partial charge in [0.1, 0.15) is 0 Å². The second-order valence-corrected chi connectivity index (χ2v) is 8.56. The summed E-state index contributed by atoms with van der Waals surface area (Å²) in [5, 5.41) is 15.5. The third kappa shape index (κ3) is 5.13. The van der Waals surface area contributed by atoms with Crippen LogP contribution in [0, 0.1) is 5.92 Å². The lowest BCUT2D eigenvalue weighted by atomic mass is 9.84. The van der Waals surface area contributed by atoms with E-state index in [4.69, 9.17) is 24.5 Å². The highest BCUT2D eigenvalue weighted by atomic mass is 16.7. The van der Waals surface area contributed by atoms with Gasteiger partial charge >= 0.3 is 5.97 Å². The van der Waals surface area contributed by atoms with Gasteiger partial charge in [0.2, 0.25) is 5.91 Å². The van der Waals surface area contributed by atoms with E-state index in [0.29, 0.717) is 24.6 Å². The van der Waals surface area contributed by atoms with Gasteiger partial charge in [-0.05, 0) is 43.9 Å². The molecular weight excluding hydrogens is 426 g/mol. The van der Waals surface area contributed by atoms with Crippen molar-refractivity contribution in [3.8, 4) is 11.5 Å². The molecule has 178 valence electrons. The van der Waals surface area contributed by atoms with Gasteiger partial charge in [-0.15, -0.1) is 0 Å². The first-order chi connectivity index (χ1) is 16.0. The number of benzene rings is 1. The number of likely N-dealkylation sites (tertiary alicyclic amines) is 1. The van der Waals surface area contributed by atoms with Crippen LogP contribution in [0.4, 0.5) is 0 Å². The number of carboxylic acids is 1. The molecule has 33 heavy (non-hydrogen) atoms. The summed E-state index contributed by atoms with van der Waals surface area (Å²) in [4.78, 5) is 31.1. The van der Waals surface area contributed by atoms with Gasteiger partial charge in [0, 0.05) is 31.0 Å². The lowest BCUT2D eigenvalue weighted by Crippen LogP contribution is -2.50. The number of nitrogens with zero attached hydrogens (tertiary/aromatic N) is 3. The fraction of sp³-hybridized carbons (Fsp3) is 0.542. The lowest BCUT2D eigenvalue weighted by molar-refractivity contribution is -0.244. The Morgan fingerprint density at radius 2 is 1.82 bits per heavy atom. The molecule has 1 aromatic carbocycles. The summed E-state index contributed by atoms with van der Waals surface area (Å²) in [6.45, 7) is 1.14. The average Bonchev–Trinajstić information content (AvgIpc) is 2.86. The molecule has 0 bridgehead atoms. The number of rotatable bonds is 7. The Bertz CT molecular complexity index is 938. The van der Waals surface area contributed by atoms with Gasteiger partial charge in [0.15, 0.2) is 11.5 Å². The zero-order chi connectivity index (χ0) is 23.4. The second kappa shape index (κ2) is 10.2. The Morgan fingerprint density at radius 1 is 1.09 bits per heavy atom. The van der Waals surface area contributed by atoms with E-state index in [-0.39, 0.29) is 36.8 Å². The molecule has 3 aliphatic rings. The van der Waals surface area contributed by atoms with Crippen LogP contribution in [0.15, 0.2) is 35.5 Å². The quantitative estimate of drug-likeness (QED) is 0.629. The predicted octanol–water partition coefficient (Wildman–Crippen LogP) is 2.85. The molecule has 4 rings (SSSR count). The van der Waals surface area contributed by atoms with Gasteiger partial charge in [0.25, 0.3) is 0 Å². The monoisotopic (exact) mass is 457 g/mol. The summed E-state index contributed by atoms with van der Waals surface area (Å²) in [6, 6.07) is 5.91. The van der Waals surface area contributed by atoms with Crippen LogP contribution in [0.1, 0.15) is 44.1 Å². The normalized spacial score (nSPS) is 23.0. The summed E-state index contributed by atoms with van der Waals surface area (Å²) < 4.78 is 10.9. The first-order valence-corrected chi connectivity index (χ1v) is 11.4. The number of carbonyl (C=O) groups is 2. The average molecular weight is 458 g/mol. The Hall–Kier alpha value is -3.07. The molecule has 1 saturated heterocycles. The second-order valence-electron chi connectivity index (χ2n) is 8.56. The van der Waals surface area contributed by atoms with Crippen molar-refractivity contribution >= 4 is 17.6 Å². The molecule has 0 aromatic heterocycles. The summed E-state index contributed by atoms with van der Waals surface area (Å²) in [5.41, 5.74) is 1.95. The summed E-state index contributed by atoms with van der Waals surface area (Å²) >= 11 is 0. The molecule has 2 heterocycles. The van der Waals surface area contributed by atoms with E-state index < -0.39 is 5.97 Å². The van der Waals surface area contributed by atoms with Crippen molar-refractivity contribution in [3.63, 3.8) is 0 Å². The van der Waals surface area contributed by atoms with Gasteiger partial charge in [-0.3, -0.25) is 14.4 Å². The molecule has 2 atom stereocenters. The molecule has 1 aliphatic carbocycles. The van der Waals surface area contributed by atoms with Crippen LogP contribution in [-0.4, -0.2) is 72.2 Å². The van der Waals surface area contributed by atoms with Gasteiger partial charge in [-0.1, -0.05) is 12.2 Å². The van der Waals surface area contributed by atoms with E-state index in [1.54, 1.807) is 24.3 Å². The minimum Gasteiger partial charge on any atom is -0.493 e. The number of hydrogen-bond donors (Lipinski definition) is 1. The van der Waals surface area contributed by atoms with Crippen LogP contribution in [0.3, 0.4) is 0 Å². The number of ether oxygens (including phenoxy) is 2. The highest BCUT2D eigenvalue weighted by Crippen LogP contribution is 2.36. The number of allylic oxidation sites excluding steroid dienone is 1. The fourth-order valence-electron chi connectivity index (χ4n) is 4.68. The Morgan fingerprint density at radius 3 is 2.52 bits per heavy atom. The number of carbonyl (C=O) groups excluding carboxylic acids is 1. The summed E-state index contributed by atoms with van der Waals surface area (Å²) in [6.07, 6.45) is 7.36. The molecule has 9 heteroatoms. The maximum atomic E-state index is 12.3. The largest absolute Gasteiger partial charge is 0.493 e. The van der Waals surface area contributed by atoms with Crippen molar-refractivity contribution in [3.05, 3.63) is 35.9 Å². The predicted molar refractivity (Wildman–Crippen MR) is 121 cm³/mol. The first-order valence-electron chi connectivity index (χ1n) is 11.4. The maximum absolute atomic E-state index is 12.3. The van der Waals surface area contributed by atoms with Crippen molar-refractivity contribution in [2.75, 3.05) is 27.3 Å². The first kappa shape index (κ1) is 23.1. The molecule has 0 radical (unpaired) electrons. The van der Waals surface area contributed by atoms with Crippen LogP contribution in [0.2, 0.25) is 0 Å². The van der Waals surface area contributed by atoms with Gasteiger partial charge in [-0.2, -0.15) is 10.3 Å². The number of amides is 1. The smallest absolute Gasteiger partial charge is 0.303 e. The van der Waals surface area contributed by atoms with Gasteiger partial charge in [-0.25, -0.2) is 0 Å². The number of hydrazone groups is 1. The van der Waals surface area contributed by atoms with E-state index in [0.717, 1.165) is 37.0 Å². The third-order valence-electron chi connectivity index (χ3n) is 6.54. The van der Waals surface area contributed by atoms with Crippen LogP contribution in [0.25, 0.3) is 0 Å². The summed E-state index contributed by atoms with van der Waals surface area (Å²) in [7, 11) is 3.24. The molecule has 0 saturated carbocycles. The molecule has 1 amide bonds. The Labute approximate surface area is 193 Å². The number of aliphatic carboxylic acids is 1. The van der Waals surface area contributed by atoms with E-state index in [9.17, 15) is 9.59 Å². The minimum absolute atomic E-state index is 0.00539. The number of hydroxylamine groups is 1. The number of piperidine rings is 1. The van der Waals surface area contributed by atoms with Crippen LogP contribution in [-0.2, 0) is 14.4 Å². The minimum atomic E-state index is -0.951. The SMILES string of the molecule is COc1ccc(C2=NN(C3CCN(C(=O)CCC(=O)O)CC3)O[C@@H]3CC=CC[C@@H]23)cc1OC. The molecular formula is C24H31N3O6. The van der Waals surface area contributed by atoms with E-state index in [2.05, 4.69) is 12.2 Å². The van der Waals surface area contributed by atoms with Gasteiger partial charge < -0.3 is 19.5 Å². The van der Waals surface area contributed by atoms with Crippen molar-refractivity contribution in [2.24, 2.45) is 11.0 Å². The van der Waals surface area contributed by atoms with Crippen LogP contribution in [0.5, 0.6) is 11.5 Å². The van der Waals surface area contributed by atoms with E-state index in [1.165, 1.54) is 0 Å². The number of fused-ring (bicyclic) bond motifs is 1. The fourth-order valence-corrected chi connectivity index (χ4v) is 4.68. The Balaban J connectivity index is 1.51. The van der Waals surface area contributed by atoms with Crippen molar-refractivity contribution in [2.45, 2.75) is 50.7 Å². The van der Waals surface area contributed by atoms with E-state index in [1.807, 2.05) is 18.2 Å². The van der Waals surface area contributed by atoms with Crippen molar-refractivity contribution in [1.29, 1.82) is 0 Å². The standard InChI is InChI=1S/C24H31N3O6/c1-31-20-8-7-16(15-21(20)32-2)24-18-5-3-4-6-19(18)33-27(25-24)17-11-13-26(14-12-17)22(28)9-10-23(29)30/h3-4,7-8,15,17-19H,5-6,9-14H2,1-2H3,(H,29,30)/t18-,19-/m1/s1. The van der Waals surface area contributed by atoms with E-state index >= 15 is 0 Å². The zero-order valence-electron chi connectivity index (χ0n) is 19.1. The molecule has 0 unspecified atom stereocenters. The molecule has 1 aromatic rings. The number of carboxylic acid groups (broad SMARTS) is 1. The summed E-state index contributed by atoms with van der Waals surface area (Å²) in [5.74, 6) is 0.426. The van der Waals surface area contributed by atoms with Crippen LogP contribution >= 0.6 is 0 Å². The molecule has 1 N–H and O–H groups in total.